The van der Waals surface area contributed by atoms with Crippen molar-refractivity contribution in [1.82, 2.24) is 0 Å². The fourth-order valence-electron chi connectivity index (χ4n) is 0.406. The summed E-state index contributed by atoms with van der Waals surface area (Å²) in [5.41, 5.74) is 0. The molecular weight excluding hydrogens is 146 g/mol. The third-order valence-electron chi connectivity index (χ3n) is 0.832. The van der Waals surface area contributed by atoms with Gasteiger partial charge in [0.25, 0.3) is 0 Å². The number of quaternary nitrogens is 1. The van der Waals surface area contributed by atoms with Gasteiger partial charge in [-0.1, -0.05) is 0 Å². The Morgan fingerprint density at radius 3 is 2.18 bits per heavy atom. The van der Waals surface area contributed by atoms with Crippen molar-refractivity contribution in [2.75, 3.05) is 34.5 Å². The van der Waals surface area contributed by atoms with Gasteiger partial charge < -0.3 is 9.47 Å². The summed E-state index contributed by atoms with van der Waals surface area (Å²) in [7, 11) is 5.79. The van der Waals surface area contributed by atoms with Crippen LogP contribution in [0.25, 0.3) is 0 Å². The van der Waals surface area contributed by atoms with Crippen molar-refractivity contribution >= 4 is 6.16 Å². The van der Waals surface area contributed by atoms with Crippen molar-refractivity contribution in [2.45, 2.75) is 6.92 Å². The van der Waals surface area contributed by atoms with Gasteiger partial charge in [-0.05, 0) is 6.92 Å². The van der Waals surface area contributed by atoms with E-state index in [1.165, 1.54) is 0 Å². The van der Waals surface area contributed by atoms with E-state index in [4.69, 9.17) is 4.74 Å². The van der Waals surface area contributed by atoms with Gasteiger partial charge in [-0.3, -0.25) is 4.48 Å². The summed E-state index contributed by atoms with van der Waals surface area (Å²) in [6.45, 7) is 2.43. The molecule has 0 aromatic heterocycles. The lowest BCUT2D eigenvalue weighted by Gasteiger charge is -2.22. The molecule has 0 rings (SSSR count). The fourth-order valence-corrected chi connectivity index (χ4v) is 0.406. The highest BCUT2D eigenvalue weighted by Crippen LogP contribution is 1.92. The van der Waals surface area contributed by atoms with Crippen LogP contribution < -0.4 is 0 Å². The zero-order valence-corrected chi connectivity index (χ0v) is 7.59. The Bertz CT molecular complexity index is 128. The zero-order chi connectivity index (χ0) is 8.91. The highest BCUT2D eigenvalue weighted by molar-refractivity contribution is 5.59. The average molecular weight is 162 g/mol. The van der Waals surface area contributed by atoms with Gasteiger partial charge in [0.05, 0.1) is 27.7 Å². The average Bonchev–Trinajstić information content (AvgIpc) is 1.83. The Balaban J connectivity index is 3.46. The standard InChI is InChI=1S/C7H16NO3/c1-5-10-7(9)11-6-8(2,3)4/h5-6H2,1-4H3/q+1. The summed E-state index contributed by atoms with van der Waals surface area (Å²) in [6.07, 6.45) is -0.597. The van der Waals surface area contributed by atoms with Crippen LogP contribution in [0.5, 0.6) is 0 Å². The Morgan fingerprint density at radius 2 is 1.82 bits per heavy atom. The predicted molar refractivity (Wildman–Crippen MR) is 41.0 cm³/mol. The Morgan fingerprint density at radius 1 is 1.27 bits per heavy atom. The molecule has 0 aliphatic heterocycles. The molecule has 11 heavy (non-hydrogen) atoms. The van der Waals surface area contributed by atoms with E-state index in [-0.39, 0.29) is 0 Å². The predicted octanol–water partition coefficient (Wildman–Crippen LogP) is 0.823. The SMILES string of the molecule is CCOC(=O)OC[N+](C)(C)C. The molecule has 0 amide bonds. The molecule has 66 valence electrons. The topological polar surface area (TPSA) is 35.5 Å². The lowest BCUT2D eigenvalue weighted by atomic mass is 10.7. The Kier molecular flexibility index (Phi) is 3.89. The lowest BCUT2D eigenvalue weighted by molar-refractivity contribution is -0.888. The number of carbonyl (C=O) groups is 1. The van der Waals surface area contributed by atoms with Crippen LogP contribution in [0.15, 0.2) is 0 Å². The van der Waals surface area contributed by atoms with Gasteiger partial charge in [0.1, 0.15) is 0 Å². The first-order valence-electron chi connectivity index (χ1n) is 3.55. The van der Waals surface area contributed by atoms with Gasteiger partial charge >= 0.3 is 6.16 Å². The van der Waals surface area contributed by atoms with Crippen molar-refractivity contribution in [3.63, 3.8) is 0 Å². The molecule has 0 N–H and O–H groups in total. The molecule has 0 saturated carbocycles. The molecule has 0 spiro atoms. The molecule has 4 heteroatoms. The van der Waals surface area contributed by atoms with Crippen LogP contribution in [-0.2, 0) is 9.47 Å². The van der Waals surface area contributed by atoms with Crippen LogP contribution in [0.1, 0.15) is 6.92 Å². The molecule has 0 aromatic carbocycles. The molecule has 0 radical (unpaired) electrons. The van der Waals surface area contributed by atoms with Crippen LogP contribution >= 0.6 is 0 Å². The van der Waals surface area contributed by atoms with E-state index in [9.17, 15) is 4.79 Å². The fraction of sp³-hybridized carbons (Fsp3) is 0.857. The smallest absolute Gasteiger partial charge is 0.434 e. The zero-order valence-electron chi connectivity index (χ0n) is 7.59. The number of rotatable bonds is 3. The van der Waals surface area contributed by atoms with E-state index in [1.54, 1.807) is 6.92 Å². The van der Waals surface area contributed by atoms with Crippen LogP contribution in [0.2, 0.25) is 0 Å². The number of nitrogens with zero attached hydrogens (tertiary/aromatic N) is 1. The molecule has 0 aliphatic rings. The van der Waals surface area contributed by atoms with Crippen LogP contribution in [0.3, 0.4) is 0 Å². The summed E-state index contributed by atoms with van der Waals surface area (Å²) in [5, 5.41) is 0. The molecular formula is C7H16NO3+. The van der Waals surface area contributed by atoms with Crippen LogP contribution in [-0.4, -0.2) is 45.1 Å². The van der Waals surface area contributed by atoms with Crippen molar-refractivity contribution < 1.29 is 18.8 Å². The summed E-state index contributed by atoms with van der Waals surface area (Å²) in [4.78, 5) is 10.6. The van der Waals surface area contributed by atoms with E-state index in [0.717, 1.165) is 0 Å². The molecule has 0 fully saturated rings. The summed E-state index contributed by atoms with van der Waals surface area (Å²) in [5.74, 6) is 0. The first-order chi connectivity index (χ1) is 4.95. The monoisotopic (exact) mass is 162 g/mol. The van der Waals surface area contributed by atoms with E-state index in [2.05, 4.69) is 4.74 Å². The van der Waals surface area contributed by atoms with E-state index >= 15 is 0 Å². The van der Waals surface area contributed by atoms with Crippen molar-refractivity contribution in [3.8, 4) is 0 Å². The molecule has 0 aromatic rings. The van der Waals surface area contributed by atoms with Crippen molar-refractivity contribution in [2.24, 2.45) is 0 Å². The maximum Gasteiger partial charge on any atom is 0.512 e. The second kappa shape index (κ2) is 4.18. The number of hydrogen-bond donors (Lipinski definition) is 0. The Labute approximate surface area is 67.3 Å². The van der Waals surface area contributed by atoms with Gasteiger partial charge in [-0.25, -0.2) is 4.79 Å². The maximum atomic E-state index is 10.6. The van der Waals surface area contributed by atoms with E-state index in [0.29, 0.717) is 17.8 Å². The van der Waals surface area contributed by atoms with Gasteiger partial charge in [-0.2, -0.15) is 0 Å². The number of carbonyl (C=O) groups excluding carboxylic acids is 1. The van der Waals surface area contributed by atoms with Crippen molar-refractivity contribution in [1.29, 1.82) is 0 Å². The summed E-state index contributed by atoms with van der Waals surface area (Å²) < 4.78 is 9.91. The highest BCUT2D eigenvalue weighted by atomic mass is 16.7. The number of hydrogen-bond acceptors (Lipinski definition) is 3. The first-order valence-corrected chi connectivity index (χ1v) is 3.55. The molecule has 4 nitrogen and oxygen atoms in total. The third kappa shape index (κ3) is 7.12. The van der Waals surface area contributed by atoms with E-state index < -0.39 is 6.16 Å². The second-order valence-corrected chi connectivity index (χ2v) is 3.25. The number of ether oxygens (including phenoxy) is 2. The van der Waals surface area contributed by atoms with E-state index in [1.807, 2.05) is 21.1 Å². The van der Waals surface area contributed by atoms with Gasteiger partial charge in [0.2, 0.25) is 6.73 Å². The molecule has 0 atom stereocenters. The summed E-state index contributed by atoms with van der Waals surface area (Å²) >= 11 is 0. The van der Waals surface area contributed by atoms with Crippen molar-refractivity contribution in [3.05, 3.63) is 0 Å². The Hall–Kier alpha value is -0.770. The minimum Gasteiger partial charge on any atom is -0.434 e. The minimum absolute atomic E-state index is 0.332. The van der Waals surface area contributed by atoms with Gasteiger partial charge in [-0.15, -0.1) is 0 Å². The molecule has 0 heterocycles. The largest absolute Gasteiger partial charge is 0.512 e. The quantitative estimate of drug-likeness (QED) is 0.350. The molecule has 0 bridgehead atoms. The normalized spacial score (nSPS) is 10.9. The van der Waals surface area contributed by atoms with Crippen LogP contribution in [0.4, 0.5) is 4.79 Å². The molecule has 0 unspecified atom stereocenters. The molecule has 0 saturated heterocycles. The van der Waals surface area contributed by atoms with Gasteiger partial charge in [0, 0.05) is 0 Å². The minimum atomic E-state index is -0.597. The van der Waals surface area contributed by atoms with Crippen LogP contribution in [0, 0.1) is 0 Å². The van der Waals surface area contributed by atoms with Gasteiger partial charge in [0.15, 0.2) is 0 Å². The molecule has 0 aliphatic carbocycles. The summed E-state index contributed by atoms with van der Waals surface area (Å²) in [6, 6.07) is 0. The third-order valence-corrected chi connectivity index (χ3v) is 0.832. The highest BCUT2D eigenvalue weighted by Gasteiger charge is 2.10. The second-order valence-electron chi connectivity index (χ2n) is 3.25. The lowest BCUT2D eigenvalue weighted by Crippen LogP contribution is -2.37. The first kappa shape index (κ1) is 10.2. The maximum absolute atomic E-state index is 10.6.